The minimum absolute atomic E-state index is 0.0836. The van der Waals surface area contributed by atoms with E-state index in [0.29, 0.717) is 17.9 Å². The molecule has 0 saturated carbocycles. The van der Waals surface area contributed by atoms with E-state index >= 15 is 0 Å². The first-order chi connectivity index (χ1) is 10.6. The second-order valence-electron chi connectivity index (χ2n) is 5.59. The van der Waals surface area contributed by atoms with Gasteiger partial charge in [0.25, 0.3) is 5.91 Å². The first-order valence-electron chi connectivity index (χ1n) is 7.56. The van der Waals surface area contributed by atoms with Crippen LogP contribution in [0.4, 0.5) is 5.82 Å². The first-order valence-corrected chi connectivity index (χ1v) is 7.56. The van der Waals surface area contributed by atoms with Crippen LogP contribution in [0.2, 0.25) is 0 Å². The summed E-state index contributed by atoms with van der Waals surface area (Å²) in [5.41, 5.74) is 2.57. The van der Waals surface area contributed by atoms with Crippen LogP contribution in [0.25, 0.3) is 0 Å². The Hall–Kier alpha value is -2.37. The quantitative estimate of drug-likeness (QED) is 0.939. The monoisotopic (exact) mass is 300 g/mol. The van der Waals surface area contributed by atoms with Gasteiger partial charge in [0.1, 0.15) is 11.6 Å². The number of nitrogens with one attached hydrogen (secondary N) is 1. The zero-order valence-corrected chi connectivity index (χ0v) is 12.9. The van der Waals surface area contributed by atoms with Crippen LogP contribution >= 0.6 is 0 Å². The molecule has 6 heteroatoms. The van der Waals surface area contributed by atoms with Crippen molar-refractivity contribution in [3.8, 4) is 0 Å². The third-order valence-corrected chi connectivity index (χ3v) is 4.03. The number of pyridine rings is 1. The van der Waals surface area contributed by atoms with E-state index in [-0.39, 0.29) is 5.91 Å². The predicted octanol–water partition coefficient (Wildman–Crippen LogP) is 2.53. The van der Waals surface area contributed by atoms with Gasteiger partial charge >= 0.3 is 0 Å². The molecule has 6 nitrogen and oxygen atoms in total. The number of likely N-dealkylation sites (tertiary alicyclic amines) is 1. The topological polar surface area (TPSA) is 71.3 Å². The second-order valence-corrected chi connectivity index (χ2v) is 5.59. The van der Waals surface area contributed by atoms with Crippen molar-refractivity contribution in [1.82, 2.24) is 15.0 Å². The van der Waals surface area contributed by atoms with E-state index in [1.807, 2.05) is 18.7 Å². The average Bonchev–Trinajstić information content (AvgIpc) is 3.16. The third-order valence-electron chi connectivity index (χ3n) is 4.03. The van der Waals surface area contributed by atoms with Crippen LogP contribution in [-0.4, -0.2) is 34.0 Å². The van der Waals surface area contributed by atoms with E-state index < -0.39 is 0 Å². The van der Waals surface area contributed by atoms with Gasteiger partial charge in [-0.2, -0.15) is 0 Å². The molecule has 2 aromatic heterocycles. The molecule has 3 heterocycles. The molecule has 1 aliphatic rings. The van der Waals surface area contributed by atoms with E-state index in [4.69, 9.17) is 4.52 Å². The van der Waals surface area contributed by atoms with Crippen LogP contribution in [0.3, 0.4) is 0 Å². The lowest BCUT2D eigenvalue weighted by molar-refractivity contribution is 0.0793. The molecule has 3 rings (SSSR count). The molecule has 1 saturated heterocycles. The lowest BCUT2D eigenvalue weighted by Crippen LogP contribution is -2.27. The van der Waals surface area contributed by atoms with Crippen LogP contribution in [-0.2, 0) is 6.54 Å². The molecular weight excluding hydrogens is 280 g/mol. The van der Waals surface area contributed by atoms with Crippen molar-refractivity contribution >= 4 is 11.7 Å². The molecular formula is C16H20N4O2. The van der Waals surface area contributed by atoms with E-state index in [0.717, 1.165) is 42.9 Å². The van der Waals surface area contributed by atoms with Gasteiger partial charge < -0.3 is 14.7 Å². The molecule has 1 amide bonds. The number of aromatic nitrogens is 2. The number of amides is 1. The summed E-state index contributed by atoms with van der Waals surface area (Å²) in [7, 11) is 0. The van der Waals surface area contributed by atoms with Crippen LogP contribution in [0.5, 0.6) is 0 Å². The molecule has 0 radical (unpaired) electrons. The van der Waals surface area contributed by atoms with Gasteiger partial charge in [-0.15, -0.1) is 0 Å². The maximum Gasteiger partial charge on any atom is 0.254 e. The Morgan fingerprint density at radius 3 is 2.82 bits per heavy atom. The van der Waals surface area contributed by atoms with E-state index in [2.05, 4.69) is 15.5 Å². The van der Waals surface area contributed by atoms with Crippen molar-refractivity contribution in [1.29, 1.82) is 0 Å². The van der Waals surface area contributed by atoms with Gasteiger partial charge in [0.15, 0.2) is 0 Å². The number of aryl methyl sites for hydroxylation is 2. The Bertz CT molecular complexity index is 655. The van der Waals surface area contributed by atoms with Crippen molar-refractivity contribution < 1.29 is 9.32 Å². The molecule has 116 valence electrons. The number of nitrogens with zero attached hydrogens (tertiary/aromatic N) is 3. The van der Waals surface area contributed by atoms with Crippen molar-refractivity contribution in [3.63, 3.8) is 0 Å². The van der Waals surface area contributed by atoms with Gasteiger partial charge in [0.05, 0.1) is 5.69 Å². The molecule has 0 aromatic carbocycles. The fourth-order valence-electron chi connectivity index (χ4n) is 2.70. The Labute approximate surface area is 129 Å². The van der Waals surface area contributed by atoms with E-state index in [1.54, 1.807) is 18.3 Å². The lowest BCUT2D eigenvalue weighted by Gasteiger charge is -2.15. The molecule has 0 atom stereocenters. The molecule has 22 heavy (non-hydrogen) atoms. The van der Waals surface area contributed by atoms with Crippen molar-refractivity contribution in [2.45, 2.75) is 33.2 Å². The molecule has 0 spiro atoms. The maximum absolute atomic E-state index is 12.4. The number of hydrogen-bond donors (Lipinski definition) is 1. The summed E-state index contributed by atoms with van der Waals surface area (Å²) >= 11 is 0. The van der Waals surface area contributed by atoms with Crippen LogP contribution in [0, 0.1) is 13.8 Å². The predicted molar refractivity (Wildman–Crippen MR) is 82.7 cm³/mol. The molecule has 0 bridgehead atoms. The van der Waals surface area contributed by atoms with Crippen molar-refractivity contribution in [3.05, 3.63) is 40.9 Å². The summed E-state index contributed by atoms with van der Waals surface area (Å²) in [4.78, 5) is 18.6. The smallest absolute Gasteiger partial charge is 0.254 e. The molecule has 1 fully saturated rings. The van der Waals surface area contributed by atoms with Crippen molar-refractivity contribution in [2.75, 3.05) is 18.4 Å². The molecule has 0 unspecified atom stereocenters. The Balaban J connectivity index is 1.70. The summed E-state index contributed by atoms with van der Waals surface area (Å²) in [5, 5.41) is 7.16. The Kier molecular flexibility index (Phi) is 4.09. The summed E-state index contributed by atoms with van der Waals surface area (Å²) in [6.07, 6.45) is 3.85. The SMILES string of the molecule is Cc1noc(C)c1CNc1cc(C(=O)N2CCCC2)ccn1. The normalized spacial score (nSPS) is 14.4. The minimum Gasteiger partial charge on any atom is -0.366 e. The highest BCUT2D eigenvalue weighted by atomic mass is 16.5. The minimum atomic E-state index is 0.0836. The number of carbonyl (C=O) groups excluding carboxylic acids is 1. The van der Waals surface area contributed by atoms with Gasteiger partial charge in [0, 0.05) is 37.0 Å². The lowest BCUT2D eigenvalue weighted by atomic mass is 10.2. The van der Waals surface area contributed by atoms with E-state index in [9.17, 15) is 4.79 Å². The van der Waals surface area contributed by atoms with Gasteiger partial charge in [-0.1, -0.05) is 5.16 Å². The largest absolute Gasteiger partial charge is 0.366 e. The maximum atomic E-state index is 12.4. The summed E-state index contributed by atoms with van der Waals surface area (Å²) < 4.78 is 5.14. The van der Waals surface area contributed by atoms with Gasteiger partial charge in [-0.25, -0.2) is 4.98 Å². The Morgan fingerprint density at radius 1 is 1.36 bits per heavy atom. The highest BCUT2D eigenvalue weighted by Gasteiger charge is 2.19. The first kappa shape index (κ1) is 14.6. The molecule has 1 aliphatic heterocycles. The van der Waals surface area contributed by atoms with Crippen LogP contribution < -0.4 is 5.32 Å². The number of anilines is 1. The van der Waals surface area contributed by atoms with Gasteiger partial charge in [-0.3, -0.25) is 4.79 Å². The highest BCUT2D eigenvalue weighted by molar-refractivity contribution is 5.95. The molecule has 0 aliphatic carbocycles. The standard InChI is InChI=1S/C16H20N4O2/c1-11-14(12(2)22-19-11)10-18-15-9-13(5-6-17-15)16(21)20-7-3-4-8-20/h5-6,9H,3-4,7-8,10H2,1-2H3,(H,17,18). The fourth-order valence-corrected chi connectivity index (χ4v) is 2.70. The number of rotatable bonds is 4. The summed E-state index contributed by atoms with van der Waals surface area (Å²) in [6.45, 7) is 6.08. The van der Waals surface area contributed by atoms with Gasteiger partial charge in [-0.05, 0) is 38.8 Å². The van der Waals surface area contributed by atoms with Gasteiger partial charge in [0.2, 0.25) is 0 Å². The molecule has 2 aromatic rings. The second kappa shape index (κ2) is 6.17. The highest BCUT2D eigenvalue weighted by Crippen LogP contribution is 2.17. The summed E-state index contributed by atoms with van der Waals surface area (Å²) in [5.74, 6) is 1.57. The van der Waals surface area contributed by atoms with E-state index in [1.165, 1.54) is 0 Å². The zero-order chi connectivity index (χ0) is 15.5. The zero-order valence-electron chi connectivity index (χ0n) is 12.9. The average molecular weight is 300 g/mol. The number of carbonyl (C=O) groups is 1. The van der Waals surface area contributed by atoms with Crippen LogP contribution in [0.1, 0.15) is 40.2 Å². The van der Waals surface area contributed by atoms with Crippen molar-refractivity contribution in [2.24, 2.45) is 0 Å². The summed E-state index contributed by atoms with van der Waals surface area (Å²) in [6, 6.07) is 3.57. The van der Waals surface area contributed by atoms with Crippen LogP contribution in [0.15, 0.2) is 22.9 Å². The third kappa shape index (κ3) is 2.95. The molecule has 1 N–H and O–H groups in total. The number of hydrogen-bond acceptors (Lipinski definition) is 5. The Morgan fingerprint density at radius 2 is 2.14 bits per heavy atom. The fraction of sp³-hybridized carbons (Fsp3) is 0.438.